The molecular formula is C14H11ClF2OS. The van der Waals surface area contributed by atoms with Gasteiger partial charge < -0.3 is 5.11 Å². The van der Waals surface area contributed by atoms with Crippen molar-refractivity contribution in [1.82, 2.24) is 0 Å². The maximum Gasteiger partial charge on any atom is 0.136 e. The molecular weight excluding hydrogens is 290 g/mol. The van der Waals surface area contributed by atoms with E-state index in [1.165, 1.54) is 24.3 Å². The minimum Gasteiger partial charge on any atom is -0.387 e. The molecule has 0 aliphatic carbocycles. The number of aliphatic hydroxyl groups is 1. The van der Waals surface area contributed by atoms with Crippen LogP contribution >= 0.6 is 23.4 Å². The SMILES string of the molecule is OC(CSc1ccccc1F)c1cc(F)ccc1Cl. The number of hydrogen-bond donors (Lipinski definition) is 1. The summed E-state index contributed by atoms with van der Waals surface area (Å²) >= 11 is 7.05. The van der Waals surface area contributed by atoms with Crippen LogP contribution in [0.3, 0.4) is 0 Å². The first-order chi connectivity index (χ1) is 9.08. The van der Waals surface area contributed by atoms with Crippen LogP contribution in [0, 0.1) is 11.6 Å². The van der Waals surface area contributed by atoms with Crippen LogP contribution in [0.5, 0.6) is 0 Å². The van der Waals surface area contributed by atoms with Crippen LogP contribution in [0.4, 0.5) is 8.78 Å². The van der Waals surface area contributed by atoms with Crippen molar-refractivity contribution in [2.75, 3.05) is 5.75 Å². The number of benzene rings is 2. The van der Waals surface area contributed by atoms with Crippen LogP contribution < -0.4 is 0 Å². The zero-order valence-electron chi connectivity index (χ0n) is 9.82. The standard InChI is InChI=1S/C14H11ClF2OS/c15-11-6-5-9(16)7-10(11)13(18)8-19-14-4-2-1-3-12(14)17/h1-7,13,18H,8H2. The number of rotatable bonds is 4. The van der Waals surface area contributed by atoms with Gasteiger partial charge in [0.2, 0.25) is 0 Å². The molecule has 0 aromatic heterocycles. The molecule has 1 N–H and O–H groups in total. The van der Waals surface area contributed by atoms with Crippen LogP contribution in [0.15, 0.2) is 47.4 Å². The Morgan fingerprint density at radius 1 is 1.16 bits per heavy atom. The van der Waals surface area contributed by atoms with Crippen LogP contribution in [-0.4, -0.2) is 10.9 Å². The zero-order valence-corrected chi connectivity index (χ0v) is 11.4. The summed E-state index contributed by atoms with van der Waals surface area (Å²) in [6.45, 7) is 0. The third-order valence-corrected chi connectivity index (χ3v) is 4.02. The molecule has 100 valence electrons. The molecule has 19 heavy (non-hydrogen) atoms. The van der Waals surface area contributed by atoms with Crippen LogP contribution in [0.1, 0.15) is 11.7 Å². The predicted octanol–water partition coefficient (Wildman–Crippen LogP) is 4.44. The maximum absolute atomic E-state index is 13.4. The fourth-order valence-electron chi connectivity index (χ4n) is 1.59. The van der Waals surface area contributed by atoms with Crippen molar-refractivity contribution in [2.24, 2.45) is 0 Å². The van der Waals surface area contributed by atoms with E-state index < -0.39 is 11.9 Å². The Kier molecular flexibility index (Phi) is 4.80. The second-order valence-corrected chi connectivity index (χ2v) is 5.39. The largest absolute Gasteiger partial charge is 0.387 e. The normalized spacial score (nSPS) is 12.4. The van der Waals surface area contributed by atoms with E-state index in [9.17, 15) is 13.9 Å². The molecule has 0 saturated heterocycles. The highest BCUT2D eigenvalue weighted by Crippen LogP contribution is 2.30. The summed E-state index contributed by atoms with van der Waals surface area (Å²) in [5.74, 6) is -0.608. The minimum atomic E-state index is -0.951. The number of hydrogen-bond acceptors (Lipinski definition) is 2. The van der Waals surface area contributed by atoms with E-state index in [0.717, 1.165) is 11.8 Å². The van der Waals surface area contributed by atoms with Gasteiger partial charge in [-0.15, -0.1) is 11.8 Å². The van der Waals surface area contributed by atoms with Crippen LogP contribution in [-0.2, 0) is 0 Å². The van der Waals surface area contributed by atoms with Gasteiger partial charge in [-0.25, -0.2) is 8.78 Å². The third-order valence-electron chi connectivity index (χ3n) is 2.55. The van der Waals surface area contributed by atoms with Crippen LogP contribution in [0.25, 0.3) is 0 Å². The molecule has 0 fully saturated rings. The number of aliphatic hydroxyl groups excluding tert-OH is 1. The van der Waals surface area contributed by atoms with E-state index in [0.29, 0.717) is 15.5 Å². The Bertz CT molecular complexity index is 577. The van der Waals surface area contributed by atoms with Crippen molar-refractivity contribution in [2.45, 2.75) is 11.0 Å². The van der Waals surface area contributed by atoms with E-state index in [2.05, 4.69) is 0 Å². The molecule has 2 rings (SSSR count). The summed E-state index contributed by atoms with van der Waals surface area (Å²) in [6.07, 6.45) is -0.951. The van der Waals surface area contributed by atoms with E-state index in [-0.39, 0.29) is 11.6 Å². The molecule has 2 aromatic rings. The highest BCUT2D eigenvalue weighted by Gasteiger charge is 2.14. The van der Waals surface area contributed by atoms with Gasteiger partial charge in [0.15, 0.2) is 0 Å². The molecule has 2 aromatic carbocycles. The number of halogens is 3. The summed E-state index contributed by atoms with van der Waals surface area (Å²) in [6, 6.07) is 10.1. The van der Waals surface area contributed by atoms with Gasteiger partial charge in [-0.3, -0.25) is 0 Å². The highest BCUT2D eigenvalue weighted by molar-refractivity contribution is 7.99. The smallest absolute Gasteiger partial charge is 0.136 e. The average molecular weight is 301 g/mol. The van der Waals surface area contributed by atoms with Gasteiger partial charge in [-0.2, -0.15) is 0 Å². The van der Waals surface area contributed by atoms with Gasteiger partial charge in [0.05, 0.1) is 6.10 Å². The molecule has 0 saturated carbocycles. The molecule has 1 atom stereocenters. The van der Waals surface area contributed by atoms with Crippen molar-refractivity contribution in [1.29, 1.82) is 0 Å². The molecule has 0 bridgehead atoms. The summed E-state index contributed by atoms with van der Waals surface area (Å²) in [4.78, 5) is 0.439. The van der Waals surface area contributed by atoms with Gasteiger partial charge in [-0.1, -0.05) is 23.7 Å². The second-order valence-electron chi connectivity index (χ2n) is 3.92. The topological polar surface area (TPSA) is 20.2 Å². The first-order valence-electron chi connectivity index (χ1n) is 5.58. The van der Waals surface area contributed by atoms with E-state index in [1.54, 1.807) is 18.2 Å². The Hall–Kier alpha value is -1.10. The molecule has 1 unspecified atom stereocenters. The quantitative estimate of drug-likeness (QED) is 0.842. The van der Waals surface area contributed by atoms with Crippen molar-refractivity contribution in [3.63, 3.8) is 0 Å². The molecule has 0 radical (unpaired) electrons. The minimum absolute atomic E-state index is 0.199. The highest BCUT2D eigenvalue weighted by atomic mass is 35.5. The van der Waals surface area contributed by atoms with Crippen molar-refractivity contribution < 1.29 is 13.9 Å². The summed E-state index contributed by atoms with van der Waals surface area (Å²) in [7, 11) is 0. The lowest BCUT2D eigenvalue weighted by Gasteiger charge is -2.12. The maximum atomic E-state index is 13.4. The monoisotopic (exact) mass is 300 g/mol. The van der Waals surface area contributed by atoms with E-state index in [1.807, 2.05) is 0 Å². The lowest BCUT2D eigenvalue weighted by molar-refractivity contribution is 0.203. The van der Waals surface area contributed by atoms with Crippen molar-refractivity contribution in [3.05, 3.63) is 64.7 Å². The summed E-state index contributed by atoms with van der Waals surface area (Å²) in [5.41, 5.74) is 0.311. The Balaban J connectivity index is 2.07. The number of thioether (sulfide) groups is 1. The van der Waals surface area contributed by atoms with Crippen molar-refractivity contribution in [3.8, 4) is 0 Å². The zero-order chi connectivity index (χ0) is 13.8. The molecule has 0 amide bonds. The van der Waals surface area contributed by atoms with Gasteiger partial charge in [-0.05, 0) is 30.3 Å². The summed E-state index contributed by atoms with van der Waals surface area (Å²) < 4.78 is 26.5. The second kappa shape index (κ2) is 6.37. The van der Waals surface area contributed by atoms with Gasteiger partial charge in [0, 0.05) is 21.2 Å². The van der Waals surface area contributed by atoms with Gasteiger partial charge >= 0.3 is 0 Å². The fraction of sp³-hybridized carbons (Fsp3) is 0.143. The average Bonchev–Trinajstić information content (AvgIpc) is 2.40. The Morgan fingerprint density at radius 2 is 1.89 bits per heavy atom. The molecule has 0 aliphatic rings. The first kappa shape index (κ1) is 14.3. The van der Waals surface area contributed by atoms with Crippen molar-refractivity contribution >= 4 is 23.4 Å². The lowest BCUT2D eigenvalue weighted by atomic mass is 10.1. The Labute approximate surface area is 119 Å². The lowest BCUT2D eigenvalue weighted by Crippen LogP contribution is -2.02. The van der Waals surface area contributed by atoms with E-state index in [4.69, 9.17) is 11.6 Å². The molecule has 0 spiro atoms. The fourth-order valence-corrected chi connectivity index (χ4v) is 2.73. The van der Waals surface area contributed by atoms with Crippen LogP contribution in [0.2, 0.25) is 5.02 Å². The molecule has 1 nitrogen and oxygen atoms in total. The van der Waals surface area contributed by atoms with Gasteiger partial charge in [0.25, 0.3) is 0 Å². The molecule has 0 heterocycles. The third kappa shape index (κ3) is 3.69. The van der Waals surface area contributed by atoms with Gasteiger partial charge in [0.1, 0.15) is 11.6 Å². The molecule has 0 aliphatic heterocycles. The summed E-state index contributed by atoms with van der Waals surface area (Å²) in [5, 5.41) is 10.3. The molecule has 5 heteroatoms. The predicted molar refractivity (Wildman–Crippen MR) is 73.5 cm³/mol. The Morgan fingerprint density at radius 3 is 2.63 bits per heavy atom. The first-order valence-corrected chi connectivity index (χ1v) is 6.94. The van der Waals surface area contributed by atoms with E-state index >= 15 is 0 Å².